The quantitative estimate of drug-likeness (QED) is 0.786. The van der Waals surface area contributed by atoms with E-state index in [0.29, 0.717) is 24.6 Å². The van der Waals surface area contributed by atoms with Gasteiger partial charge in [-0.3, -0.25) is 4.79 Å². The van der Waals surface area contributed by atoms with Gasteiger partial charge in [0.1, 0.15) is 12.4 Å². The zero-order chi connectivity index (χ0) is 18.0. The lowest BCUT2D eigenvalue weighted by atomic mass is 9.93. The van der Waals surface area contributed by atoms with Crippen molar-refractivity contribution in [2.75, 3.05) is 32.9 Å². The van der Waals surface area contributed by atoms with Gasteiger partial charge in [-0.05, 0) is 50.6 Å². The maximum absolute atomic E-state index is 13.0. The van der Waals surface area contributed by atoms with Gasteiger partial charge in [-0.1, -0.05) is 0 Å². The van der Waals surface area contributed by atoms with Gasteiger partial charge in [0.25, 0.3) is 0 Å². The molecule has 7 heteroatoms. The molecule has 1 amide bonds. The Hall–Kier alpha value is -1.44. The zero-order valence-electron chi connectivity index (χ0n) is 15.7. The fourth-order valence-corrected chi connectivity index (χ4v) is 4.44. The summed E-state index contributed by atoms with van der Waals surface area (Å²) >= 11 is 0. The van der Waals surface area contributed by atoms with Gasteiger partial charge in [0.05, 0.1) is 19.3 Å². The van der Waals surface area contributed by atoms with Gasteiger partial charge < -0.3 is 24.3 Å². The van der Waals surface area contributed by atoms with E-state index >= 15 is 0 Å². The summed E-state index contributed by atoms with van der Waals surface area (Å²) in [4.78, 5) is 19.4. The summed E-state index contributed by atoms with van der Waals surface area (Å²) in [6, 6.07) is 0.320. The van der Waals surface area contributed by atoms with E-state index in [9.17, 15) is 4.79 Å². The molecule has 1 spiro atoms. The first kappa shape index (κ1) is 17.9. The van der Waals surface area contributed by atoms with Gasteiger partial charge in [-0.2, -0.15) is 0 Å². The molecule has 0 aromatic carbocycles. The number of aryl methyl sites for hydroxylation is 1. The molecule has 1 aromatic rings. The molecule has 0 radical (unpaired) electrons. The van der Waals surface area contributed by atoms with Crippen molar-refractivity contribution in [3.63, 3.8) is 0 Å². The van der Waals surface area contributed by atoms with Crippen molar-refractivity contribution in [1.29, 1.82) is 0 Å². The van der Waals surface area contributed by atoms with Gasteiger partial charge >= 0.3 is 0 Å². The Bertz CT molecular complexity index is 620. The van der Waals surface area contributed by atoms with Crippen molar-refractivity contribution in [3.05, 3.63) is 18.2 Å². The second-order valence-corrected chi connectivity index (χ2v) is 7.96. The van der Waals surface area contributed by atoms with Crippen LogP contribution in [-0.2, 0) is 27.9 Å². The Morgan fingerprint density at radius 2 is 2.35 bits per heavy atom. The number of carbonyl (C=O) groups excluding carboxylic acids is 1. The molecule has 3 aliphatic rings. The maximum atomic E-state index is 13.0. The van der Waals surface area contributed by atoms with Gasteiger partial charge in [0.2, 0.25) is 5.91 Å². The Morgan fingerprint density at radius 1 is 1.50 bits per heavy atom. The third-order valence-corrected chi connectivity index (χ3v) is 6.23. The summed E-state index contributed by atoms with van der Waals surface area (Å²) in [7, 11) is 1.98. The van der Waals surface area contributed by atoms with Crippen molar-refractivity contribution in [2.24, 2.45) is 12.5 Å². The van der Waals surface area contributed by atoms with Crippen LogP contribution in [0.4, 0.5) is 0 Å². The second kappa shape index (κ2) is 7.66. The van der Waals surface area contributed by atoms with E-state index in [1.54, 1.807) is 6.20 Å². The lowest BCUT2D eigenvalue weighted by Gasteiger charge is -2.29. The molecule has 2 unspecified atom stereocenters. The summed E-state index contributed by atoms with van der Waals surface area (Å²) in [5, 5.41) is 3.43. The molecule has 7 nitrogen and oxygen atoms in total. The molecule has 2 aliphatic heterocycles. The predicted molar refractivity (Wildman–Crippen MR) is 96.5 cm³/mol. The molecule has 2 atom stereocenters. The number of piperidine rings is 1. The highest BCUT2D eigenvalue weighted by molar-refractivity contribution is 5.78. The number of carbonyl (C=O) groups is 1. The standard InChI is InChI=1S/C19H30N4O3/c1-22-9-8-21-17(22)12-23(16-11-19(16)4-6-20-7-5-19)18(24)14-25-13-15-3-2-10-26-15/h8-9,15-16,20H,2-7,10-14H2,1H3. The van der Waals surface area contributed by atoms with Crippen LogP contribution in [0.2, 0.25) is 0 Å². The van der Waals surface area contributed by atoms with E-state index in [-0.39, 0.29) is 18.6 Å². The van der Waals surface area contributed by atoms with E-state index in [0.717, 1.165) is 57.6 Å². The highest BCUT2D eigenvalue weighted by Crippen LogP contribution is 2.56. The largest absolute Gasteiger partial charge is 0.376 e. The minimum absolute atomic E-state index is 0.0754. The van der Waals surface area contributed by atoms with E-state index in [4.69, 9.17) is 9.47 Å². The zero-order valence-corrected chi connectivity index (χ0v) is 15.7. The van der Waals surface area contributed by atoms with Crippen LogP contribution in [0.3, 0.4) is 0 Å². The molecule has 0 bridgehead atoms. The number of nitrogens with zero attached hydrogens (tertiary/aromatic N) is 3. The Kier molecular flexibility index (Phi) is 5.29. The smallest absolute Gasteiger partial charge is 0.249 e. The molecule has 26 heavy (non-hydrogen) atoms. The topological polar surface area (TPSA) is 68.6 Å². The van der Waals surface area contributed by atoms with Crippen LogP contribution in [0.25, 0.3) is 0 Å². The van der Waals surface area contributed by atoms with Crippen LogP contribution in [0, 0.1) is 5.41 Å². The van der Waals surface area contributed by atoms with E-state index in [1.807, 2.05) is 22.7 Å². The number of ether oxygens (including phenoxy) is 2. The molecule has 3 fully saturated rings. The summed E-state index contributed by atoms with van der Waals surface area (Å²) in [6.45, 7) is 4.13. The van der Waals surface area contributed by atoms with Crippen molar-refractivity contribution in [2.45, 2.75) is 50.8 Å². The SMILES string of the molecule is Cn1ccnc1CN(C(=O)COCC1CCCO1)C1CC12CCNCC2. The van der Waals surface area contributed by atoms with Crippen LogP contribution >= 0.6 is 0 Å². The molecule has 3 heterocycles. The summed E-state index contributed by atoms with van der Waals surface area (Å²) in [6.07, 6.45) is 9.41. The number of aromatic nitrogens is 2. The molecule has 1 aromatic heterocycles. The van der Waals surface area contributed by atoms with E-state index in [2.05, 4.69) is 10.3 Å². The molecular formula is C19H30N4O3. The Labute approximate surface area is 155 Å². The number of amides is 1. The molecule has 1 aliphatic carbocycles. The first-order valence-corrected chi connectivity index (χ1v) is 9.84. The van der Waals surface area contributed by atoms with Crippen LogP contribution in [0.5, 0.6) is 0 Å². The first-order chi connectivity index (χ1) is 12.7. The average molecular weight is 362 g/mol. The van der Waals surface area contributed by atoms with E-state index < -0.39 is 0 Å². The maximum Gasteiger partial charge on any atom is 0.249 e. The molecule has 1 saturated carbocycles. The van der Waals surface area contributed by atoms with E-state index in [1.165, 1.54) is 0 Å². The van der Waals surface area contributed by atoms with Crippen molar-refractivity contribution in [1.82, 2.24) is 19.8 Å². The number of hydrogen-bond donors (Lipinski definition) is 1. The highest BCUT2D eigenvalue weighted by atomic mass is 16.5. The normalized spacial score (nSPS) is 27.0. The number of hydrogen-bond acceptors (Lipinski definition) is 5. The van der Waals surface area contributed by atoms with Gasteiger partial charge in [-0.15, -0.1) is 0 Å². The fourth-order valence-electron chi connectivity index (χ4n) is 4.44. The minimum atomic E-state index is 0.0754. The van der Waals surface area contributed by atoms with Crippen molar-refractivity contribution >= 4 is 5.91 Å². The van der Waals surface area contributed by atoms with Crippen molar-refractivity contribution in [3.8, 4) is 0 Å². The third kappa shape index (κ3) is 3.80. The Morgan fingerprint density at radius 3 is 3.04 bits per heavy atom. The van der Waals surface area contributed by atoms with Crippen LogP contribution in [0.15, 0.2) is 12.4 Å². The van der Waals surface area contributed by atoms with Gasteiger partial charge in [0, 0.05) is 32.1 Å². The summed E-state index contributed by atoms with van der Waals surface area (Å²) < 4.78 is 13.3. The monoisotopic (exact) mass is 362 g/mol. The van der Waals surface area contributed by atoms with Gasteiger partial charge in [0.15, 0.2) is 0 Å². The number of imidazole rings is 1. The average Bonchev–Trinajstić information content (AvgIpc) is 3.01. The minimum Gasteiger partial charge on any atom is -0.376 e. The summed E-state index contributed by atoms with van der Waals surface area (Å²) in [5.41, 5.74) is 0.306. The lowest BCUT2D eigenvalue weighted by Crippen LogP contribution is -2.41. The van der Waals surface area contributed by atoms with Crippen LogP contribution in [0.1, 0.15) is 37.9 Å². The fraction of sp³-hybridized carbons (Fsp3) is 0.789. The Balaban J connectivity index is 1.38. The summed E-state index contributed by atoms with van der Waals surface area (Å²) in [5.74, 6) is 1.000. The number of nitrogens with one attached hydrogen (secondary N) is 1. The molecular weight excluding hydrogens is 332 g/mol. The van der Waals surface area contributed by atoms with Crippen molar-refractivity contribution < 1.29 is 14.3 Å². The molecule has 4 rings (SSSR count). The number of rotatable bonds is 7. The molecule has 1 N–H and O–H groups in total. The second-order valence-electron chi connectivity index (χ2n) is 7.96. The lowest BCUT2D eigenvalue weighted by molar-refractivity contribution is -0.139. The first-order valence-electron chi connectivity index (χ1n) is 9.84. The highest BCUT2D eigenvalue weighted by Gasteiger charge is 2.57. The molecule has 2 saturated heterocycles. The molecule has 144 valence electrons. The van der Waals surface area contributed by atoms with Crippen LogP contribution in [-0.4, -0.2) is 65.4 Å². The predicted octanol–water partition coefficient (Wildman–Crippen LogP) is 1.09. The van der Waals surface area contributed by atoms with Crippen LogP contribution < -0.4 is 5.32 Å². The van der Waals surface area contributed by atoms with Gasteiger partial charge in [-0.25, -0.2) is 4.98 Å². The third-order valence-electron chi connectivity index (χ3n) is 6.23.